The van der Waals surface area contributed by atoms with Gasteiger partial charge in [-0.05, 0) is 50.1 Å². The van der Waals surface area contributed by atoms with Crippen molar-refractivity contribution >= 4 is 23.3 Å². The van der Waals surface area contributed by atoms with Gasteiger partial charge in [-0.15, -0.1) is 5.10 Å². The van der Waals surface area contributed by atoms with Gasteiger partial charge in [-0.25, -0.2) is 9.50 Å². The molecule has 0 atom stereocenters. The maximum atomic E-state index is 12.9. The number of nitrogens with one attached hydrogen (secondary N) is 1. The number of fused-ring (bicyclic) bond motifs is 1. The van der Waals surface area contributed by atoms with Crippen LogP contribution in [-0.4, -0.2) is 31.5 Å². The highest BCUT2D eigenvalue weighted by atomic mass is 19.4. The fourth-order valence-electron chi connectivity index (χ4n) is 2.91. The van der Waals surface area contributed by atoms with Crippen LogP contribution >= 0.6 is 0 Å². The maximum Gasteiger partial charge on any atom is 0.453 e. The molecule has 0 spiro atoms. The average molecular weight is 421 g/mol. The molecule has 0 saturated carbocycles. The van der Waals surface area contributed by atoms with Crippen LogP contribution in [0.1, 0.15) is 36.1 Å². The molecule has 0 radical (unpaired) electrons. The summed E-state index contributed by atoms with van der Waals surface area (Å²) >= 11 is 0. The van der Waals surface area contributed by atoms with Crippen LogP contribution in [0.3, 0.4) is 0 Å². The second-order valence-electron chi connectivity index (χ2n) is 6.59. The highest BCUT2D eigenvalue weighted by Crippen LogP contribution is 2.27. The molecule has 0 aliphatic heterocycles. The standard InChI is InChI=1S/C19H18F3N5O3/c1-10-15(11(2)27-18(23-10)25-17(26-27)19(20,21)22)8-9-16(29)30-14-6-4-13(5-7-14)24-12(3)28/h4-7H,8-9H2,1-3H3,(H,24,28). The first kappa shape index (κ1) is 21.2. The highest BCUT2D eigenvalue weighted by Gasteiger charge is 2.37. The van der Waals surface area contributed by atoms with Crippen molar-refractivity contribution in [2.75, 3.05) is 5.32 Å². The molecule has 0 saturated heterocycles. The summed E-state index contributed by atoms with van der Waals surface area (Å²) in [6.07, 6.45) is -4.47. The smallest absolute Gasteiger partial charge is 0.427 e. The van der Waals surface area contributed by atoms with E-state index in [0.717, 1.165) is 4.52 Å². The maximum absolute atomic E-state index is 12.9. The van der Waals surface area contributed by atoms with Crippen molar-refractivity contribution in [3.8, 4) is 5.75 Å². The number of rotatable bonds is 5. The Morgan fingerprint density at radius 1 is 1.13 bits per heavy atom. The Bertz CT molecular complexity index is 1110. The van der Waals surface area contributed by atoms with Gasteiger partial charge in [0.05, 0.1) is 6.42 Å². The van der Waals surface area contributed by atoms with Crippen molar-refractivity contribution in [2.45, 2.75) is 39.8 Å². The van der Waals surface area contributed by atoms with Crippen LogP contribution in [0.5, 0.6) is 5.75 Å². The number of amides is 1. The topological polar surface area (TPSA) is 98.5 Å². The van der Waals surface area contributed by atoms with Crippen LogP contribution in [0, 0.1) is 13.8 Å². The molecule has 3 aromatic rings. The van der Waals surface area contributed by atoms with Crippen molar-refractivity contribution in [1.29, 1.82) is 0 Å². The molecule has 11 heteroatoms. The molecule has 1 N–H and O–H groups in total. The molecule has 8 nitrogen and oxygen atoms in total. The van der Waals surface area contributed by atoms with Crippen molar-refractivity contribution in [2.24, 2.45) is 0 Å². The molecule has 1 aromatic carbocycles. The summed E-state index contributed by atoms with van der Waals surface area (Å²) in [6, 6.07) is 6.28. The second kappa shape index (κ2) is 8.09. The molecule has 0 bridgehead atoms. The van der Waals surface area contributed by atoms with Crippen molar-refractivity contribution in [1.82, 2.24) is 19.6 Å². The number of esters is 1. The van der Waals surface area contributed by atoms with E-state index in [1.54, 1.807) is 38.1 Å². The van der Waals surface area contributed by atoms with Crippen LogP contribution in [-0.2, 0) is 22.2 Å². The summed E-state index contributed by atoms with van der Waals surface area (Å²) in [4.78, 5) is 30.7. The minimum atomic E-state index is -4.67. The number of benzene rings is 1. The van der Waals surface area contributed by atoms with Gasteiger partial charge in [-0.2, -0.15) is 18.2 Å². The summed E-state index contributed by atoms with van der Waals surface area (Å²) in [5, 5.41) is 6.08. The lowest BCUT2D eigenvalue weighted by Gasteiger charge is -2.10. The van der Waals surface area contributed by atoms with Crippen LogP contribution in [0.4, 0.5) is 18.9 Å². The Kier molecular flexibility index (Phi) is 5.72. The number of halogens is 3. The lowest BCUT2D eigenvalue weighted by molar-refractivity contribution is -0.144. The van der Waals surface area contributed by atoms with Gasteiger partial charge in [0.25, 0.3) is 11.6 Å². The number of ether oxygens (including phenoxy) is 1. The predicted octanol–water partition coefficient (Wildman–Crippen LogP) is 3.26. The van der Waals surface area contributed by atoms with E-state index in [2.05, 4.69) is 20.4 Å². The van der Waals surface area contributed by atoms with E-state index in [1.165, 1.54) is 6.92 Å². The lowest BCUT2D eigenvalue weighted by Crippen LogP contribution is -2.12. The Morgan fingerprint density at radius 2 is 1.80 bits per heavy atom. The lowest BCUT2D eigenvalue weighted by atomic mass is 10.1. The number of alkyl halides is 3. The summed E-state index contributed by atoms with van der Waals surface area (Å²) < 4.78 is 44.9. The number of anilines is 1. The van der Waals surface area contributed by atoms with E-state index in [-0.39, 0.29) is 24.5 Å². The Balaban J connectivity index is 1.70. The number of hydrogen-bond acceptors (Lipinski definition) is 6. The summed E-state index contributed by atoms with van der Waals surface area (Å²) in [7, 11) is 0. The van der Waals surface area contributed by atoms with Gasteiger partial charge < -0.3 is 10.1 Å². The number of nitrogens with zero attached hydrogens (tertiary/aromatic N) is 4. The van der Waals surface area contributed by atoms with Gasteiger partial charge in [-0.3, -0.25) is 9.59 Å². The largest absolute Gasteiger partial charge is 0.453 e. The average Bonchev–Trinajstić information content (AvgIpc) is 3.07. The molecule has 0 unspecified atom stereocenters. The second-order valence-corrected chi connectivity index (χ2v) is 6.59. The summed E-state index contributed by atoms with van der Waals surface area (Å²) in [5.74, 6) is -1.84. The number of carbonyl (C=O) groups is 2. The molecule has 30 heavy (non-hydrogen) atoms. The van der Waals surface area contributed by atoms with E-state index < -0.39 is 18.0 Å². The van der Waals surface area contributed by atoms with Crippen LogP contribution in [0.15, 0.2) is 24.3 Å². The monoisotopic (exact) mass is 421 g/mol. The third-order valence-corrected chi connectivity index (χ3v) is 4.29. The molecule has 2 aromatic heterocycles. The zero-order valence-corrected chi connectivity index (χ0v) is 16.4. The van der Waals surface area contributed by atoms with Gasteiger partial charge >= 0.3 is 12.1 Å². The molecule has 0 aliphatic carbocycles. The van der Waals surface area contributed by atoms with Gasteiger partial charge in [0.1, 0.15) is 5.75 Å². The number of aromatic nitrogens is 4. The molecule has 158 valence electrons. The van der Waals surface area contributed by atoms with E-state index in [4.69, 9.17) is 4.74 Å². The first-order valence-corrected chi connectivity index (χ1v) is 8.93. The van der Waals surface area contributed by atoms with Crippen LogP contribution in [0.25, 0.3) is 5.78 Å². The van der Waals surface area contributed by atoms with Crippen molar-refractivity contribution < 1.29 is 27.5 Å². The van der Waals surface area contributed by atoms with Gasteiger partial charge in [0, 0.05) is 24.0 Å². The Labute approximate surface area is 169 Å². The Morgan fingerprint density at radius 3 is 2.40 bits per heavy atom. The first-order valence-electron chi connectivity index (χ1n) is 8.93. The molecule has 2 heterocycles. The first-order chi connectivity index (χ1) is 14.0. The zero-order valence-electron chi connectivity index (χ0n) is 16.4. The minimum absolute atomic E-state index is 0.0108. The quantitative estimate of drug-likeness (QED) is 0.502. The number of carbonyl (C=O) groups excluding carboxylic acids is 2. The molecular formula is C19H18F3N5O3. The highest BCUT2D eigenvalue weighted by molar-refractivity contribution is 5.88. The van der Waals surface area contributed by atoms with Gasteiger partial charge in [0.2, 0.25) is 5.91 Å². The summed E-state index contributed by atoms with van der Waals surface area (Å²) in [6.45, 7) is 4.61. The molecule has 3 rings (SSSR count). The van der Waals surface area contributed by atoms with Crippen molar-refractivity contribution in [3.63, 3.8) is 0 Å². The van der Waals surface area contributed by atoms with E-state index >= 15 is 0 Å². The normalized spacial score (nSPS) is 11.5. The van der Waals surface area contributed by atoms with E-state index in [0.29, 0.717) is 28.4 Å². The third-order valence-electron chi connectivity index (χ3n) is 4.29. The predicted molar refractivity (Wildman–Crippen MR) is 100.0 cm³/mol. The zero-order chi connectivity index (χ0) is 22.1. The fourth-order valence-corrected chi connectivity index (χ4v) is 2.91. The molecular weight excluding hydrogens is 403 g/mol. The van der Waals surface area contributed by atoms with Gasteiger partial charge in [-0.1, -0.05) is 0 Å². The molecule has 0 fully saturated rings. The third kappa shape index (κ3) is 4.73. The minimum Gasteiger partial charge on any atom is -0.427 e. The number of hydrogen-bond donors (Lipinski definition) is 1. The van der Waals surface area contributed by atoms with Crippen LogP contribution < -0.4 is 10.1 Å². The summed E-state index contributed by atoms with van der Waals surface area (Å²) in [5.41, 5.74) is 2.06. The Hall–Kier alpha value is -3.50. The molecule has 0 aliphatic rings. The fraction of sp³-hybridized carbons (Fsp3) is 0.316. The van der Waals surface area contributed by atoms with E-state index in [9.17, 15) is 22.8 Å². The van der Waals surface area contributed by atoms with E-state index in [1.807, 2.05) is 0 Å². The SMILES string of the molecule is CC(=O)Nc1ccc(OC(=O)CCc2c(C)nc3nc(C(F)(F)F)nn3c2C)cc1. The molecule has 1 amide bonds. The van der Waals surface area contributed by atoms with Crippen LogP contribution in [0.2, 0.25) is 0 Å². The number of aryl methyl sites for hydroxylation is 2. The van der Waals surface area contributed by atoms with Crippen molar-refractivity contribution in [3.05, 3.63) is 47.0 Å². The van der Waals surface area contributed by atoms with Gasteiger partial charge in [0.15, 0.2) is 0 Å².